The zero-order chi connectivity index (χ0) is 13.0. The number of ether oxygens (including phenoxy) is 1. The van der Waals surface area contributed by atoms with Gasteiger partial charge in [-0.25, -0.2) is 15.0 Å². The summed E-state index contributed by atoms with van der Waals surface area (Å²) >= 11 is 0. The number of hydrogen-bond donors (Lipinski definition) is 1. The van der Waals surface area contributed by atoms with E-state index in [1.807, 2.05) is 6.92 Å². The Labute approximate surface area is 103 Å². The van der Waals surface area contributed by atoms with Crippen LogP contribution in [0.4, 0.5) is 0 Å². The molecule has 0 saturated heterocycles. The lowest BCUT2D eigenvalue weighted by atomic mass is 10.3. The first-order chi connectivity index (χ1) is 8.70. The molecule has 2 heterocycles. The molecule has 0 bridgehead atoms. The van der Waals surface area contributed by atoms with Crippen LogP contribution < -0.4 is 0 Å². The van der Waals surface area contributed by atoms with Crippen molar-refractivity contribution in [2.45, 2.75) is 32.6 Å². The Morgan fingerprint density at radius 3 is 3.17 bits per heavy atom. The number of carbonyl (C=O) groups excluding carboxylic acids is 1. The average molecular weight is 250 g/mol. The van der Waals surface area contributed by atoms with Crippen molar-refractivity contribution in [2.24, 2.45) is 0 Å². The van der Waals surface area contributed by atoms with Crippen molar-refractivity contribution in [3.05, 3.63) is 18.9 Å². The third-order valence-electron chi connectivity index (χ3n) is 2.36. The van der Waals surface area contributed by atoms with E-state index in [1.54, 1.807) is 10.8 Å². The molecule has 0 amide bonds. The van der Waals surface area contributed by atoms with Gasteiger partial charge in [0.25, 0.3) is 0 Å². The van der Waals surface area contributed by atoms with Crippen LogP contribution in [0.2, 0.25) is 0 Å². The molecule has 0 aromatic carbocycles. The zero-order valence-corrected chi connectivity index (χ0v) is 9.98. The third kappa shape index (κ3) is 2.80. The van der Waals surface area contributed by atoms with E-state index in [-0.39, 0.29) is 6.54 Å². The van der Waals surface area contributed by atoms with E-state index in [1.165, 1.54) is 12.7 Å². The molecule has 18 heavy (non-hydrogen) atoms. The third-order valence-corrected chi connectivity index (χ3v) is 2.36. The van der Waals surface area contributed by atoms with E-state index in [0.717, 1.165) is 0 Å². The van der Waals surface area contributed by atoms with Crippen LogP contribution in [0.3, 0.4) is 0 Å². The van der Waals surface area contributed by atoms with Crippen molar-refractivity contribution in [2.75, 3.05) is 0 Å². The number of hydrogen-bond acceptors (Lipinski definition) is 6. The number of esters is 1. The standard InChI is InChI=1S/C11H14N4O3/c1-2-3-9(16)18-10(17)5-15-7-14-8-4-12-6-13-11(8)15/h4,6-7,10,17H,2-3,5H2,1H3. The highest BCUT2D eigenvalue weighted by molar-refractivity contribution is 5.70. The summed E-state index contributed by atoms with van der Waals surface area (Å²) in [6.45, 7) is 1.97. The molecule has 0 aliphatic heterocycles. The first kappa shape index (κ1) is 12.4. The molecule has 1 N–H and O–H groups in total. The van der Waals surface area contributed by atoms with Crippen molar-refractivity contribution >= 4 is 17.1 Å². The molecule has 96 valence electrons. The molecule has 0 aliphatic rings. The molecule has 0 saturated carbocycles. The maximum Gasteiger partial charge on any atom is 0.308 e. The Balaban J connectivity index is 2.03. The van der Waals surface area contributed by atoms with E-state index < -0.39 is 12.3 Å². The minimum absolute atomic E-state index is 0.100. The van der Waals surface area contributed by atoms with E-state index >= 15 is 0 Å². The number of aromatic nitrogens is 4. The number of carbonyl (C=O) groups is 1. The fourth-order valence-electron chi connectivity index (χ4n) is 1.57. The normalized spacial score (nSPS) is 12.6. The number of rotatable bonds is 5. The number of aliphatic hydroxyl groups is 1. The monoisotopic (exact) mass is 250 g/mol. The van der Waals surface area contributed by atoms with Crippen LogP contribution >= 0.6 is 0 Å². The molecule has 0 aliphatic carbocycles. The molecule has 0 spiro atoms. The smallest absolute Gasteiger partial charge is 0.308 e. The quantitative estimate of drug-likeness (QED) is 0.613. The van der Waals surface area contributed by atoms with Crippen molar-refractivity contribution in [1.29, 1.82) is 0 Å². The molecule has 2 aromatic rings. The minimum Gasteiger partial charge on any atom is -0.434 e. The lowest BCUT2D eigenvalue weighted by Crippen LogP contribution is -2.22. The first-order valence-corrected chi connectivity index (χ1v) is 5.69. The van der Waals surface area contributed by atoms with Crippen LogP contribution in [-0.2, 0) is 16.1 Å². The van der Waals surface area contributed by atoms with Gasteiger partial charge in [-0.2, -0.15) is 0 Å². The van der Waals surface area contributed by atoms with Crippen LogP contribution in [0, 0.1) is 0 Å². The molecular formula is C11H14N4O3. The lowest BCUT2D eigenvalue weighted by molar-refractivity contribution is -0.169. The Morgan fingerprint density at radius 1 is 1.56 bits per heavy atom. The van der Waals surface area contributed by atoms with Crippen molar-refractivity contribution in [3.63, 3.8) is 0 Å². The second-order valence-electron chi connectivity index (χ2n) is 3.82. The number of imidazole rings is 1. The van der Waals surface area contributed by atoms with Crippen LogP contribution in [0.15, 0.2) is 18.9 Å². The van der Waals surface area contributed by atoms with Gasteiger partial charge in [0.2, 0.25) is 6.29 Å². The van der Waals surface area contributed by atoms with Crippen LogP contribution in [0.25, 0.3) is 11.2 Å². The number of fused-ring (bicyclic) bond motifs is 1. The van der Waals surface area contributed by atoms with E-state index in [2.05, 4.69) is 15.0 Å². The molecule has 1 unspecified atom stereocenters. The van der Waals surface area contributed by atoms with Gasteiger partial charge in [0, 0.05) is 6.42 Å². The predicted molar refractivity (Wildman–Crippen MR) is 62.3 cm³/mol. The topological polar surface area (TPSA) is 90.1 Å². The summed E-state index contributed by atoms with van der Waals surface area (Å²) in [6.07, 6.45) is 4.29. The van der Waals surface area contributed by atoms with Gasteiger partial charge in [0.1, 0.15) is 11.8 Å². The Kier molecular flexibility index (Phi) is 3.83. The lowest BCUT2D eigenvalue weighted by Gasteiger charge is -2.12. The van der Waals surface area contributed by atoms with E-state index in [9.17, 15) is 9.90 Å². The summed E-state index contributed by atoms with van der Waals surface area (Å²) < 4.78 is 6.45. The molecule has 7 nitrogen and oxygen atoms in total. The van der Waals surface area contributed by atoms with Crippen molar-refractivity contribution in [3.8, 4) is 0 Å². The second-order valence-corrected chi connectivity index (χ2v) is 3.82. The Bertz CT molecular complexity index is 540. The van der Waals surface area contributed by atoms with Gasteiger partial charge in [-0.1, -0.05) is 6.92 Å². The SMILES string of the molecule is CCCC(=O)OC(O)Cn1cnc2cncnc21. The molecule has 7 heteroatoms. The van der Waals surface area contributed by atoms with Crippen LogP contribution in [-0.4, -0.2) is 36.9 Å². The predicted octanol–water partition coefficient (Wildman–Crippen LogP) is 0.488. The van der Waals surface area contributed by atoms with Gasteiger partial charge in [0.15, 0.2) is 5.65 Å². The summed E-state index contributed by atoms with van der Waals surface area (Å²) in [5.41, 5.74) is 1.22. The van der Waals surface area contributed by atoms with Gasteiger partial charge in [-0.05, 0) is 6.42 Å². The highest BCUT2D eigenvalue weighted by atomic mass is 16.6. The van der Waals surface area contributed by atoms with Crippen molar-refractivity contribution in [1.82, 2.24) is 19.5 Å². The molecule has 2 rings (SSSR count). The van der Waals surface area contributed by atoms with Crippen LogP contribution in [0.1, 0.15) is 19.8 Å². The highest BCUT2D eigenvalue weighted by Crippen LogP contribution is 2.08. The summed E-state index contributed by atoms with van der Waals surface area (Å²) in [6, 6.07) is 0. The highest BCUT2D eigenvalue weighted by Gasteiger charge is 2.13. The maximum absolute atomic E-state index is 11.2. The van der Waals surface area contributed by atoms with Crippen LogP contribution in [0.5, 0.6) is 0 Å². The summed E-state index contributed by atoms with van der Waals surface area (Å²) in [7, 11) is 0. The Morgan fingerprint density at radius 2 is 2.39 bits per heavy atom. The Hall–Kier alpha value is -2.02. The zero-order valence-electron chi connectivity index (χ0n) is 9.98. The first-order valence-electron chi connectivity index (χ1n) is 5.69. The molecule has 2 aromatic heterocycles. The maximum atomic E-state index is 11.2. The molecule has 0 radical (unpaired) electrons. The summed E-state index contributed by atoms with van der Waals surface area (Å²) in [5, 5.41) is 9.64. The van der Waals surface area contributed by atoms with Gasteiger partial charge in [-0.15, -0.1) is 0 Å². The van der Waals surface area contributed by atoms with Gasteiger partial charge in [-0.3, -0.25) is 4.79 Å². The molecule has 0 fully saturated rings. The fourth-order valence-corrected chi connectivity index (χ4v) is 1.57. The largest absolute Gasteiger partial charge is 0.434 e. The van der Waals surface area contributed by atoms with Crippen molar-refractivity contribution < 1.29 is 14.6 Å². The van der Waals surface area contributed by atoms with Gasteiger partial charge < -0.3 is 14.4 Å². The van der Waals surface area contributed by atoms with E-state index in [4.69, 9.17) is 4.74 Å². The summed E-state index contributed by atoms with van der Waals surface area (Å²) in [4.78, 5) is 23.2. The minimum atomic E-state index is -1.20. The summed E-state index contributed by atoms with van der Waals surface area (Å²) in [5.74, 6) is -0.413. The second kappa shape index (κ2) is 5.54. The van der Waals surface area contributed by atoms with Gasteiger partial charge >= 0.3 is 5.97 Å². The average Bonchev–Trinajstić information content (AvgIpc) is 2.73. The fraction of sp³-hybridized carbons (Fsp3) is 0.455. The van der Waals surface area contributed by atoms with Gasteiger partial charge in [0.05, 0.1) is 19.1 Å². The number of nitrogens with zero attached hydrogens (tertiary/aromatic N) is 4. The molecule has 1 atom stereocenters. The number of aliphatic hydroxyl groups excluding tert-OH is 1. The molecular weight excluding hydrogens is 236 g/mol. The van der Waals surface area contributed by atoms with E-state index in [0.29, 0.717) is 24.0 Å².